The van der Waals surface area contributed by atoms with E-state index in [2.05, 4.69) is 26.1 Å². The Hall–Kier alpha value is -1.66. The fourth-order valence-electron chi connectivity index (χ4n) is 2.59. The molecule has 0 aliphatic heterocycles. The zero-order valence-corrected chi connectivity index (χ0v) is 13.7. The van der Waals surface area contributed by atoms with Gasteiger partial charge in [0.25, 0.3) is 0 Å². The molecule has 0 fully saturated rings. The largest absolute Gasteiger partial charge is 0.380 e. The second-order valence-electron chi connectivity index (χ2n) is 5.34. The van der Waals surface area contributed by atoms with Crippen molar-refractivity contribution in [3.8, 4) is 0 Å². The van der Waals surface area contributed by atoms with Crippen molar-refractivity contribution in [3.05, 3.63) is 46.3 Å². The molecule has 1 aromatic carbocycles. The van der Waals surface area contributed by atoms with Crippen molar-refractivity contribution in [2.24, 2.45) is 7.05 Å². The molecule has 0 aliphatic rings. The van der Waals surface area contributed by atoms with Gasteiger partial charge in [-0.05, 0) is 35.8 Å². The normalized spacial score (nSPS) is 13.2. The Morgan fingerprint density at radius 3 is 2.67 bits per heavy atom. The highest BCUT2D eigenvalue weighted by Crippen LogP contribution is 2.33. The smallest absolute Gasteiger partial charge is 0.141 e. The van der Waals surface area contributed by atoms with Crippen molar-refractivity contribution in [1.82, 2.24) is 19.6 Å². The van der Waals surface area contributed by atoms with Gasteiger partial charge in [0.05, 0.1) is 21.9 Å². The van der Waals surface area contributed by atoms with Gasteiger partial charge in [0.1, 0.15) is 11.8 Å². The highest BCUT2D eigenvalue weighted by molar-refractivity contribution is 9.10. The minimum absolute atomic E-state index is 0.163. The second-order valence-corrected chi connectivity index (χ2v) is 6.20. The van der Waals surface area contributed by atoms with Gasteiger partial charge in [-0.2, -0.15) is 10.2 Å². The second kappa shape index (κ2) is 5.27. The summed E-state index contributed by atoms with van der Waals surface area (Å²) < 4.78 is 4.40. The average Bonchev–Trinajstić information content (AvgIpc) is 3.00. The number of rotatable bonds is 3. The van der Waals surface area contributed by atoms with Crippen LogP contribution < -0.4 is 0 Å². The van der Waals surface area contributed by atoms with Crippen LogP contribution in [0.3, 0.4) is 0 Å². The Morgan fingerprint density at radius 2 is 1.95 bits per heavy atom. The van der Waals surface area contributed by atoms with E-state index in [-0.39, 0.29) is 6.04 Å². The minimum Gasteiger partial charge on any atom is -0.380 e. The SMILES string of the molecule is CC(C)n1ncc(Br)c1C(O)c1nn(C)c2ccccc12. The topological polar surface area (TPSA) is 55.9 Å². The van der Waals surface area contributed by atoms with Gasteiger partial charge in [0.15, 0.2) is 0 Å². The summed E-state index contributed by atoms with van der Waals surface area (Å²) >= 11 is 3.48. The number of benzene rings is 1. The molecule has 0 bridgehead atoms. The predicted molar refractivity (Wildman–Crippen MR) is 85.1 cm³/mol. The number of aliphatic hydroxyl groups is 1. The van der Waals surface area contributed by atoms with E-state index in [1.165, 1.54) is 0 Å². The Morgan fingerprint density at radius 1 is 1.24 bits per heavy atom. The van der Waals surface area contributed by atoms with Crippen molar-refractivity contribution in [3.63, 3.8) is 0 Å². The molecular formula is C15H17BrN4O. The first-order valence-electron chi connectivity index (χ1n) is 6.83. The molecule has 2 aromatic heterocycles. The van der Waals surface area contributed by atoms with Crippen LogP contribution in [0.15, 0.2) is 34.9 Å². The maximum Gasteiger partial charge on any atom is 0.141 e. The van der Waals surface area contributed by atoms with Crippen LogP contribution in [0.2, 0.25) is 0 Å². The Kier molecular flexibility index (Phi) is 3.59. The molecule has 0 amide bonds. The number of nitrogens with zero attached hydrogens (tertiary/aromatic N) is 4. The highest BCUT2D eigenvalue weighted by atomic mass is 79.9. The van der Waals surface area contributed by atoms with E-state index < -0.39 is 6.10 Å². The Bertz CT molecular complexity index is 790. The van der Waals surface area contributed by atoms with Crippen molar-refractivity contribution in [1.29, 1.82) is 0 Å². The van der Waals surface area contributed by atoms with Gasteiger partial charge in [-0.3, -0.25) is 9.36 Å². The van der Waals surface area contributed by atoms with E-state index in [9.17, 15) is 5.11 Å². The molecule has 0 spiro atoms. The van der Waals surface area contributed by atoms with Crippen LogP contribution in [0.5, 0.6) is 0 Å². The first-order valence-corrected chi connectivity index (χ1v) is 7.62. The standard InChI is InChI=1S/C15H17BrN4O/c1-9(2)20-14(11(16)8-17-20)15(21)13-10-6-4-5-7-12(10)19(3)18-13/h4-9,15,21H,1-3H3. The summed E-state index contributed by atoms with van der Waals surface area (Å²) in [6.45, 7) is 4.07. The molecule has 3 aromatic rings. The Balaban J connectivity index is 2.17. The number of hydrogen-bond acceptors (Lipinski definition) is 3. The fraction of sp³-hybridized carbons (Fsp3) is 0.333. The number of aromatic nitrogens is 4. The van der Waals surface area contributed by atoms with Crippen LogP contribution in [0, 0.1) is 0 Å². The van der Waals surface area contributed by atoms with E-state index >= 15 is 0 Å². The summed E-state index contributed by atoms with van der Waals surface area (Å²) in [7, 11) is 1.88. The van der Waals surface area contributed by atoms with Gasteiger partial charge in [-0.1, -0.05) is 18.2 Å². The molecule has 6 heteroatoms. The molecule has 1 N–H and O–H groups in total. The van der Waals surface area contributed by atoms with Crippen molar-refractivity contribution in [2.75, 3.05) is 0 Å². The maximum absolute atomic E-state index is 10.8. The molecule has 21 heavy (non-hydrogen) atoms. The molecule has 0 aliphatic carbocycles. The van der Waals surface area contributed by atoms with Gasteiger partial charge in [0.2, 0.25) is 0 Å². The molecule has 0 saturated carbocycles. The lowest BCUT2D eigenvalue weighted by atomic mass is 10.1. The number of aliphatic hydroxyl groups excluding tert-OH is 1. The molecule has 110 valence electrons. The zero-order chi connectivity index (χ0) is 15.1. The van der Waals surface area contributed by atoms with Gasteiger partial charge in [0, 0.05) is 18.5 Å². The van der Waals surface area contributed by atoms with Crippen LogP contribution in [0.25, 0.3) is 10.9 Å². The summed E-state index contributed by atoms with van der Waals surface area (Å²) in [6, 6.07) is 8.05. The van der Waals surface area contributed by atoms with E-state index in [1.807, 2.05) is 49.8 Å². The minimum atomic E-state index is -0.824. The lowest BCUT2D eigenvalue weighted by Gasteiger charge is -2.15. The number of fused-ring (bicyclic) bond motifs is 1. The van der Waals surface area contributed by atoms with Gasteiger partial charge in [-0.15, -0.1) is 0 Å². The monoisotopic (exact) mass is 348 g/mol. The average molecular weight is 349 g/mol. The van der Waals surface area contributed by atoms with Gasteiger partial charge >= 0.3 is 0 Å². The van der Waals surface area contributed by atoms with Crippen molar-refractivity contribution >= 4 is 26.8 Å². The van der Waals surface area contributed by atoms with Gasteiger partial charge < -0.3 is 5.11 Å². The van der Waals surface area contributed by atoms with Crippen LogP contribution in [-0.4, -0.2) is 24.7 Å². The fourth-order valence-corrected chi connectivity index (χ4v) is 3.08. The molecule has 2 heterocycles. The summed E-state index contributed by atoms with van der Waals surface area (Å²) in [5.74, 6) is 0. The lowest BCUT2D eigenvalue weighted by molar-refractivity contribution is 0.200. The van der Waals surface area contributed by atoms with E-state index in [4.69, 9.17) is 0 Å². The third-order valence-corrected chi connectivity index (χ3v) is 4.19. The van der Waals surface area contributed by atoms with Crippen LogP contribution >= 0.6 is 15.9 Å². The number of para-hydroxylation sites is 1. The molecule has 0 radical (unpaired) electrons. The summed E-state index contributed by atoms with van der Waals surface area (Å²) in [4.78, 5) is 0. The first-order chi connectivity index (χ1) is 10.0. The maximum atomic E-state index is 10.8. The molecular weight excluding hydrogens is 332 g/mol. The molecule has 1 atom stereocenters. The van der Waals surface area contributed by atoms with Crippen LogP contribution in [0.1, 0.15) is 37.4 Å². The van der Waals surface area contributed by atoms with Crippen LogP contribution in [-0.2, 0) is 7.05 Å². The lowest BCUT2D eigenvalue weighted by Crippen LogP contribution is -2.13. The summed E-state index contributed by atoms with van der Waals surface area (Å²) in [5, 5.41) is 20.6. The number of halogens is 1. The van der Waals surface area contributed by atoms with Crippen molar-refractivity contribution in [2.45, 2.75) is 26.0 Å². The van der Waals surface area contributed by atoms with E-state index in [0.717, 1.165) is 21.1 Å². The predicted octanol–water partition coefficient (Wildman–Crippen LogP) is 3.19. The van der Waals surface area contributed by atoms with Crippen molar-refractivity contribution < 1.29 is 5.11 Å². The number of hydrogen-bond donors (Lipinski definition) is 1. The third-order valence-electron chi connectivity index (χ3n) is 3.58. The number of aryl methyl sites for hydroxylation is 1. The summed E-state index contributed by atoms with van der Waals surface area (Å²) in [5.41, 5.74) is 2.38. The third kappa shape index (κ3) is 2.28. The van der Waals surface area contributed by atoms with Crippen LogP contribution in [0.4, 0.5) is 0 Å². The Labute approximate surface area is 131 Å². The quantitative estimate of drug-likeness (QED) is 0.790. The molecule has 1 unspecified atom stereocenters. The van der Waals surface area contributed by atoms with Gasteiger partial charge in [-0.25, -0.2) is 0 Å². The molecule has 3 rings (SSSR count). The summed E-state index contributed by atoms with van der Waals surface area (Å²) in [6.07, 6.45) is 0.888. The zero-order valence-electron chi connectivity index (χ0n) is 12.2. The molecule has 0 saturated heterocycles. The first kappa shape index (κ1) is 14.3. The van der Waals surface area contributed by atoms with E-state index in [1.54, 1.807) is 10.9 Å². The van der Waals surface area contributed by atoms with E-state index in [0.29, 0.717) is 5.69 Å². The highest BCUT2D eigenvalue weighted by Gasteiger charge is 2.25. The molecule has 5 nitrogen and oxygen atoms in total.